The fourth-order valence-corrected chi connectivity index (χ4v) is 3.86. The summed E-state index contributed by atoms with van der Waals surface area (Å²) in [6, 6.07) is 14.9. The minimum absolute atomic E-state index is 0.0925. The Morgan fingerprint density at radius 2 is 1.80 bits per heavy atom. The van der Waals surface area contributed by atoms with E-state index in [-0.39, 0.29) is 17.2 Å². The molecule has 156 valence electrons. The van der Waals surface area contributed by atoms with E-state index in [0.717, 1.165) is 10.0 Å². The van der Waals surface area contributed by atoms with Gasteiger partial charge in [0.25, 0.3) is 5.56 Å². The highest BCUT2D eigenvalue weighted by molar-refractivity contribution is 9.10. The van der Waals surface area contributed by atoms with Crippen LogP contribution in [0, 0.1) is 0 Å². The molecule has 1 aromatic heterocycles. The molecule has 0 fully saturated rings. The Morgan fingerprint density at radius 3 is 2.47 bits per heavy atom. The lowest BCUT2D eigenvalue weighted by molar-refractivity contribution is -0.118. The van der Waals surface area contributed by atoms with Gasteiger partial charge in [-0.15, -0.1) is 0 Å². The molecule has 3 rings (SSSR count). The summed E-state index contributed by atoms with van der Waals surface area (Å²) in [4.78, 5) is 37.2. The molecule has 1 amide bonds. The van der Waals surface area contributed by atoms with Crippen LogP contribution in [-0.2, 0) is 16.1 Å². The number of nitrogens with one attached hydrogen (secondary N) is 1. The third-order valence-corrected chi connectivity index (χ3v) is 5.35. The summed E-state index contributed by atoms with van der Waals surface area (Å²) in [6.07, 6.45) is 1.31. The molecule has 1 N–H and O–H groups in total. The Labute approximate surface area is 183 Å². The van der Waals surface area contributed by atoms with E-state index < -0.39 is 5.97 Å². The number of rotatable bonds is 7. The van der Waals surface area contributed by atoms with Gasteiger partial charge in [-0.1, -0.05) is 46.3 Å². The minimum atomic E-state index is -0.560. The first-order chi connectivity index (χ1) is 14.4. The number of aromatic nitrogens is 1. The Balaban J connectivity index is 2.20. The molecule has 6 nitrogen and oxygen atoms in total. The number of carbonyl (C=O) groups excluding carboxylic acids is 2. The van der Waals surface area contributed by atoms with Gasteiger partial charge in [-0.05, 0) is 42.0 Å². The Kier molecular flexibility index (Phi) is 7.05. The smallest absolute Gasteiger partial charge is 0.355 e. The summed E-state index contributed by atoms with van der Waals surface area (Å²) >= 11 is 3.47. The third kappa shape index (κ3) is 4.62. The quantitative estimate of drug-likeness (QED) is 0.415. The standard InChI is InChI=1S/C23H23BrN2O4/c1-15(27)25-12-6-7-13-26-21(23(29)30-2)20(16-8-4-3-5-9-16)19-14-17(24)10-11-18(19)22(26)28/h3-5,8-11,14H,6-7,12-13H2,1-2H3,(H,25,27). The van der Waals surface area contributed by atoms with Crippen LogP contribution in [0.3, 0.4) is 0 Å². The van der Waals surface area contributed by atoms with Gasteiger partial charge in [0, 0.05) is 35.4 Å². The summed E-state index contributed by atoms with van der Waals surface area (Å²) < 4.78 is 7.38. The minimum Gasteiger partial charge on any atom is -0.464 e. The van der Waals surface area contributed by atoms with Crippen molar-refractivity contribution in [3.63, 3.8) is 0 Å². The molecule has 0 radical (unpaired) electrons. The molecule has 0 aliphatic heterocycles. The summed E-state index contributed by atoms with van der Waals surface area (Å²) in [5.74, 6) is -0.653. The van der Waals surface area contributed by atoms with Crippen molar-refractivity contribution in [2.24, 2.45) is 0 Å². The Hall–Kier alpha value is -2.93. The molecule has 7 heteroatoms. The van der Waals surface area contributed by atoms with Crippen molar-refractivity contribution in [1.29, 1.82) is 0 Å². The van der Waals surface area contributed by atoms with Crippen molar-refractivity contribution >= 4 is 38.6 Å². The molecule has 0 saturated heterocycles. The van der Waals surface area contributed by atoms with Gasteiger partial charge in [0.1, 0.15) is 5.69 Å². The molecule has 0 saturated carbocycles. The number of fused-ring (bicyclic) bond motifs is 1. The number of hydrogen-bond acceptors (Lipinski definition) is 4. The zero-order chi connectivity index (χ0) is 21.7. The highest BCUT2D eigenvalue weighted by Gasteiger charge is 2.24. The molecule has 2 aromatic carbocycles. The molecule has 30 heavy (non-hydrogen) atoms. The van der Waals surface area contributed by atoms with E-state index in [0.29, 0.717) is 42.3 Å². The second-order valence-electron chi connectivity index (χ2n) is 6.92. The molecule has 0 atom stereocenters. The predicted molar refractivity (Wildman–Crippen MR) is 121 cm³/mol. The number of nitrogens with zero attached hydrogens (tertiary/aromatic N) is 1. The van der Waals surface area contributed by atoms with Crippen molar-refractivity contribution < 1.29 is 14.3 Å². The lowest BCUT2D eigenvalue weighted by atomic mass is 9.96. The SMILES string of the molecule is COC(=O)c1c(-c2ccccc2)c2cc(Br)ccc2c(=O)n1CCCCNC(C)=O. The number of unbranched alkanes of at least 4 members (excludes halogenated alkanes) is 1. The van der Waals surface area contributed by atoms with Crippen LogP contribution in [0.4, 0.5) is 0 Å². The van der Waals surface area contributed by atoms with Crippen molar-refractivity contribution in [3.8, 4) is 11.1 Å². The van der Waals surface area contributed by atoms with Crippen LogP contribution in [0.1, 0.15) is 30.3 Å². The molecule has 0 aliphatic rings. The maximum Gasteiger partial charge on any atom is 0.355 e. The van der Waals surface area contributed by atoms with E-state index in [2.05, 4.69) is 21.2 Å². The number of hydrogen-bond donors (Lipinski definition) is 1. The second-order valence-corrected chi connectivity index (χ2v) is 7.83. The van der Waals surface area contributed by atoms with Gasteiger partial charge in [-0.3, -0.25) is 9.59 Å². The number of ether oxygens (including phenoxy) is 1. The highest BCUT2D eigenvalue weighted by Crippen LogP contribution is 2.33. The molecule has 0 unspecified atom stereocenters. The van der Waals surface area contributed by atoms with Gasteiger partial charge in [0.05, 0.1) is 7.11 Å². The Morgan fingerprint density at radius 1 is 1.07 bits per heavy atom. The lowest BCUT2D eigenvalue weighted by Gasteiger charge is -2.19. The van der Waals surface area contributed by atoms with Gasteiger partial charge < -0.3 is 14.6 Å². The average molecular weight is 471 g/mol. The fraction of sp³-hybridized carbons (Fsp3) is 0.261. The van der Waals surface area contributed by atoms with E-state index in [1.54, 1.807) is 6.07 Å². The first kappa shape index (κ1) is 21.8. The average Bonchev–Trinajstić information content (AvgIpc) is 2.74. The molecular weight excluding hydrogens is 448 g/mol. The molecule has 1 heterocycles. The van der Waals surface area contributed by atoms with Gasteiger partial charge in [0.15, 0.2) is 0 Å². The largest absolute Gasteiger partial charge is 0.464 e. The molecule has 0 bridgehead atoms. The number of pyridine rings is 1. The van der Waals surface area contributed by atoms with Gasteiger partial charge >= 0.3 is 5.97 Å². The zero-order valence-electron chi connectivity index (χ0n) is 16.9. The monoisotopic (exact) mass is 470 g/mol. The van der Waals surface area contributed by atoms with Crippen molar-refractivity contribution in [2.75, 3.05) is 13.7 Å². The summed E-state index contributed by atoms with van der Waals surface area (Å²) in [5.41, 5.74) is 1.49. The first-order valence-corrected chi connectivity index (χ1v) is 10.5. The normalized spacial score (nSPS) is 10.8. The number of carbonyl (C=O) groups is 2. The lowest BCUT2D eigenvalue weighted by Crippen LogP contribution is -2.29. The maximum atomic E-state index is 13.3. The predicted octanol–water partition coefficient (Wildman–Crippen LogP) is 4.13. The van der Waals surface area contributed by atoms with Crippen molar-refractivity contribution in [1.82, 2.24) is 9.88 Å². The molecule has 3 aromatic rings. The second kappa shape index (κ2) is 9.71. The number of halogens is 1. The molecule has 0 aliphatic carbocycles. The summed E-state index contributed by atoms with van der Waals surface area (Å²) in [6.45, 7) is 2.33. The van der Waals surface area contributed by atoms with E-state index in [9.17, 15) is 14.4 Å². The number of methoxy groups -OCH3 is 1. The van der Waals surface area contributed by atoms with E-state index in [1.807, 2.05) is 42.5 Å². The first-order valence-electron chi connectivity index (χ1n) is 9.68. The van der Waals surface area contributed by atoms with Crippen LogP contribution >= 0.6 is 15.9 Å². The highest BCUT2D eigenvalue weighted by atomic mass is 79.9. The van der Waals surface area contributed by atoms with E-state index in [4.69, 9.17) is 4.74 Å². The number of esters is 1. The number of amides is 1. The van der Waals surface area contributed by atoms with Crippen LogP contribution in [-0.4, -0.2) is 30.1 Å². The van der Waals surface area contributed by atoms with Crippen LogP contribution < -0.4 is 10.9 Å². The fourth-order valence-electron chi connectivity index (χ4n) is 3.50. The topological polar surface area (TPSA) is 77.4 Å². The summed E-state index contributed by atoms with van der Waals surface area (Å²) in [5, 5.41) is 3.97. The zero-order valence-corrected chi connectivity index (χ0v) is 18.5. The number of benzene rings is 2. The molecular formula is C23H23BrN2O4. The van der Waals surface area contributed by atoms with Gasteiger partial charge in [-0.25, -0.2) is 4.79 Å². The van der Waals surface area contributed by atoms with Crippen LogP contribution in [0.2, 0.25) is 0 Å². The van der Waals surface area contributed by atoms with Crippen molar-refractivity contribution in [2.45, 2.75) is 26.3 Å². The van der Waals surface area contributed by atoms with E-state index >= 15 is 0 Å². The molecule has 0 spiro atoms. The van der Waals surface area contributed by atoms with Crippen LogP contribution in [0.25, 0.3) is 21.9 Å². The van der Waals surface area contributed by atoms with Gasteiger partial charge in [-0.2, -0.15) is 0 Å². The third-order valence-electron chi connectivity index (χ3n) is 4.86. The van der Waals surface area contributed by atoms with Gasteiger partial charge in [0.2, 0.25) is 5.91 Å². The van der Waals surface area contributed by atoms with Crippen molar-refractivity contribution in [3.05, 3.63) is 69.1 Å². The maximum absolute atomic E-state index is 13.3. The summed E-state index contributed by atoms with van der Waals surface area (Å²) in [7, 11) is 1.31. The van der Waals surface area contributed by atoms with E-state index in [1.165, 1.54) is 18.6 Å². The Bertz CT molecular complexity index is 1140. The van der Waals surface area contributed by atoms with Crippen LogP contribution in [0.15, 0.2) is 57.8 Å². The van der Waals surface area contributed by atoms with Crippen LogP contribution in [0.5, 0.6) is 0 Å².